The Morgan fingerprint density at radius 3 is 2.07 bits per heavy atom. The van der Waals surface area contributed by atoms with Crippen LogP contribution in [0.1, 0.15) is 25.0 Å². The Bertz CT molecular complexity index is 881. The molecule has 0 atom stereocenters. The van der Waals surface area contributed by atoms with E-state index in [1.807, 2.05) is 36.4 Å². The van der Waals surface area contributed by atoms with Crippen LogP contribution in [0.5, 0.6) is 0 Å². The first-order valence-corrected chi connectivity index (χ1v) is 9.51. The average molecular weight is 358 g/mol. The van der Waals surface area contributed by atoms with Crippen LogP contribution in [0, 0.1) is 0 Å². The SMILES string of the molecule is CCc1cccc(CC)c1NC(=O)CNc1ccccc1-c1ccccc1. The Morgan fingerprint density at radius 1 is 0.778 bits per heavy atom. The molecule has 0 aliphatic carbocycles. The standard InChI is InChI=1S/C24H26N2O/c1-3-18-13-10-14-19(4-2)24(18)26-23(27)17-25-22-16-9-8-15-21(22)20-11-6-5-7-12-20/h5-16,25H,3-4,17H2,1-2H3,(H,26,27). The number of aryl methyl sites for hydroxylation is 2. The van der Waals surface area contributed by atoms with E-state index in [9.17, 15) is 4.79 Å². The zero-order valence-electron chi connectivity index (χ0n) is 16.0. The second-order valence-corrected chi connectivity index (χ2v) is 6.47. The molecule has 0 heterocycles. The van der Waals surface area contributed by atoms with Crippen molar-refractivity contribution in [3.05, 3.63) is 83.9 Å². The molecule has 0 fully saturated rings. The van der Waals surface area contributed by atoms with Gasteiger partial charge in [-0.25, -0.2) is 0 Å². The van der Waals surface area contributed by atoms with E-state index < -0.39 is 0 Å². The van der Waals surface area contributed by atoms with E-state index in [2.05, 4.69) is 60.9 Å². The first-order valence-electron chi connectivity index (χ1n) is 9.51. The highest BCUT2D eigenvalue weighted by molar-refractivity contribution is 5.96. The molecule has 0 radical (unpaired) electrons. The maximum atomic E-state index is 12.6. The van der Waals surface area contributed by atoms with E-state index in [0.717, 1.165) is 35.3 Å². The van der Waals surface area contributed by atoms with Crippen LogP contribution >= 0.6 is 0 Å². The van der Waals surface area contributed by atoms with Crippen molar-refractivity contribution in [3.8, 4) is 11.1 Å². The van der Waals surface area contributed by atoms with Crippen LogP contribution in [-0.4, -0.2) is 12.5 Å². The summed E-state index contributed by atoms with van der Waals surface area (Å²) in [6.45, 7) is 4.45. The predicted molar refractivity (Wildman–Crippen MR) is 114 cm³/mol. The van der Waals surface area contributed by atoms with Crippen molar-refractivity contribution in [1.29, 1.82) is 0 Å². The Balaban J connectivity index is 1.73. The van der Waals surface area contributed by atoms with E-state index in [0.29, 0.717) is 0 Å². The predicted octanol–water partition coefficient (Wildman–Crippen LogP) is 5.53. The molecular weight excluding hydrogens is 332 g/mol. The van der Waals surface area contributed by atoms with Crippen molar-refractivity contribution in [2.75, 3.05) is 17.2 Å². The number of para-hydroxylation sites is 2. The van der Waals surface area contributed by atoms with Crippen molar-refractivity contribution in [3.63, 3.8) is 0 Å². The molecule has 0 aliphatic rings. The average Bonchev–Trinajstić information content (AvgIpc) is 2.73. The Morgan fingerprint density at radius 2 is 1.41 bits per heavy atom. The number of carbonyl (C=O) groups excluding carboxylic acids is 1. The van der Waals surface area contributed by atoms with Crippen molar-refractivity contribution in [2.24, 2.45) is 0 Å². The smallest absolute Gasteiger partial charge is 0.243 e. The molecule has 1 amide bonds. The summed E-state index contributed by atoms with van der Waals surface area (Å²) in [6.07, 6.45) is 1.79. The topological polar surface area (TPSA) is 41.1 Å². The van der Waals surface area contributed by atoms with Gasteiger partial charge in [0.15, 0.2) is 0 Å². The van der Waals surface area contributed by atoms with E-state index in [1.165, 1.54) is 11.1 Å². The van der Waals surface area contributed by atoms with Crippen molar-refractivity contribution >= 4 is 17.3 Å². The number of hydrogen-bond donors (Lipinski definition) is 2. The first kappa shape index (κ1) is 18.7. The van der Waals surface area contributed by atoms with Crippen LogP contribution in [-0.2, 0) is 17.6 Å². The summed E-state index contributed by atoms with van der Waals surface area (Å²) in [4.78, 5) is 12.6. The summed E-state index contributed by atoms with van der Waals surface area (Å²) < 4.78 is 0. The van der Waals surface area contributed by atoms with Gasteiger partial charge in [0.1, 0.15) is 0 Å². The summed E-state index contributed by atoms with van der Waals surface area (Å²) in [5.41, 5.74) is 6.49. The van der Waals surface area contributed by atoms with Gasteiger partial charge in [0.05, 0.1) is 6.54 Å². The molecule has 0 bridgehead atoms. The fourth-order valence-corrected chi connectivity index (χ4v) is 3.27. The molecule has 3 aromatic rings. The largest absolute Gasteiger partial charge is 0.376 e. The van der Waals surface area contributed by atoms with Gasteiger partial charge in [0, 0.05) is 16.9 Å². The third-order valence-corrected chi connectivity index (χ3v) is 4.71. The molecule has 0 spiro atoms. The van der Waals surface area contributed by atoms with Crippen molar-refractivity contribution < 1.29 is 4.79 Å². The Labute approximate surface area is 161 Å². The molecular formula is C24H26N2O. The first-order chi connectivity index (χ1) is 13.2. The van der Waals surface area contributed by atoms with Crippen LogP contribution in [0.25, 0.3) is 11.1 Å². The number of hydrogen-bond acceptors (Lipinski definition) is 2. The number of amides is 1. The second kappa shape index (κ2) is 9.04. The third kappa shape index (κ3) is 4.56. The Kier molecular flexibility index (Phi) is 6.26. The van der Waals surface area contributed by atoms with Crippen LogP contribution in [0.4, 0.5) is 11.4 Å². The van der Waals surface area contributed by atoms with E-state index >= 15 is 0 Å². The molecule has 2 N–H and O–H groups in total. The van der Waals surface area contributed by atoms with Crippen LogP contribution in [0.2, 0.25) is 0 Å². The van der Waals surface area contributed by atoms with Gasteiger partial charge >= 0.3 is 0 Å². The number of rotatable bonds is 7. The minimum Gasteiger partial charge on any atom is -0.376 e. The highest BCUT2D eigenvalue weighted by atomic mass is 16.1. The summed E-state index contributed by atoms with van der Waals surface area (Å²) in [5.74, 6) is -0.0338. The lowest BCUT2D eigenvalue weighted by atomic mass is 10.0. The van der Waals surface area contributed by atoms with Crippen LogP contribution in [0.15, 0.2) is 72.8 Å². The molecule has 0 saturated heterocycles. The van der Waals surface area contributed by atoms with E-state index in [4.69, 9.17) is 0 Å². The third-order valence-electron chi connectivity index (χ3n) is 4.71. The van der Waals surface area contributed by atoms with Crippen LogP contribution in [0.3, 0.4) is 0 Å². The minimum absolute atomic E-state index is 0.0338. The summed E-state index contributed by atoms with van der Waals surface area (Å²) in [6, 6.07) is 24.5. The fourth-order valence-electron chi connectivity index (χ4n) is 3.27. The highest BCUT2D eigenvalue weighted by Gasteiger charge is 2.11. The molecule has 0 aliphatic heterocycles. The zero-order valence-corrected chi connectivity index (χ0v) is 16.0. The lowest BCUT2D eigenvalue weighted by Gasteiger charge is -2.16. The van der Waals surface area contributed by atoms with Crippen molar-refractivity contribution in [1.82, 2.24) is 0 Å². The van der Waals surface area contributed by atoms with Gasteiger partial charge in [-0.2, -0.15) is 0 Å². The maximum Gasteiger partial charge on any atom is 0.243 e. The molecule has 3 rings (SSSR count). The van der Waals surface area contributed by atoms with Crippen LogP contribution < -0.4 is 10.6 Å². The van der Waals surface area contributed by atoms with Gasteiger partial charge in [-0.1, -0.05) is 80.6 Å². The second-order valence-electron chi connectivity index (χ2n) is 6.47. The number of benzene rings is 3. The fraction of sp³-hybridized carbons (Fsp3) is 0.208. The van der Waals surface area contributed by atoms with Gasteiger partial charge in [-0.05, 0) is 35.6 Å². The molecule has 3 nitrogen and oxygen atoms in total. The normalized spacial score (nSPS) is 10.4. The maximum absolute atomic E-state index is 12.6. The molecule has 138 valence electrons. The quantitative estimate of drug-likeness (QED) is 0.583. The van der Waals surface area contributed by atoms with E-state index in [-0.39, 0.29) is 12.5 Å². The van der Waals surface area contributed by atoms with E-state index in [1.54, 1.807) is 0 Å². The molecule has 0 aromatic heterocycles. The van der Waals surface area contributed by atoms with Gasteiger partial charge < -0.3 is 10.6 Å². The number of carbonyl (C=O) groups is 1. The molecule has 3 heteroatoms. The summed E-state index contributed by atoms with van der Waals surface area (Å²) in [5, 5.41) is 6.40. The number of anilines is 2. The van der Waals surface area contributed by atoms with Gasteiger partial charge in [-0.3, -0.25) is 4.79 Å². The monoisotopic (exact) mass is 358 g/mol. The van der Waals surface area contributed by atoms with Gasteiger partial charge in [-0.15, -0.1) is 0 Å². The van der Waals surface area contributed by atoms with Gasteiger partial charge in [0.2, 0.25) is 5.91 Å². The summed E-state index contributed by atoms with van der Waals surface area (Å²) in [7, 11) is 0. The molecule has 0 unspecified atom stereocenters. The lowest BCUT2D eigenvalue weighted by molar-refractivity contribution is -0.114. The Hall–Kier alpha value is -3.07. The lowest BCUT2D eigenvalue weighted by Crippen LogP contribution is -2.23. The highest BCUT2D eigenvalue weighted by Crippen LogP contribution is 2.27. The molecule has 3 aromatic carbocycles. The zero-order chi connectivity index (χ0) is 19.1. The van der Waals surface area contributed by atoms with Gasteiger partial charge in [0.25, 0.3) is 0 Å². The minimum atomic E-state index is -0.0338. The number of nitrogens with one attached hydrogen (secondary N) is 2. The molecule has 0 saturated carbocycles. The summed E-state index contributed by atoms with van der Waals surface area (Å²) >= 11 is 0. The molecule has 27 heavy (non-hydrogen) atoms. The van der Waals surface area contributed by atoms with Crippen molar-refractivity contribution in [2.45, 2.75) is 26.7 Å².